The lowest BCUT2D eigenvalue weighted by Crippen LogP contribution is -2.26. The number of ketones is 1. The van der Waals surface area contributed by atoms with Crippen LogP contribution in [0.4, 0.5) is 0 Å². The largest absolute Gasteiger partial charge is 0.481 e. The highest BCUT2D eigenvalue weighted by atomic mass is 16.4. The van der Waals surface area contributed by atoms with Crippen molar-refractivity contribution in [1.29, 1.82) is 0 Å². The van der Waals surface area contributed by atoms with Crippen LogP contribution in [0.25, 0.3) is 10.8 Å². The lowest BCUT2D eigenvalue weighted by atomic mass is 9.89. The second-order valence-corrected chi connectivity index (χ2v) is 5.08. The lowest BCUT2D eigenvalue weighted by molar-refractivity contribution is -0.145. The summed E-state index contributed by atoms with van der Waals surface area (Å²) >= 11 is 0. The lowest BCUT2D eigenvalue weighted by Gasteiger charge is -2.13. The molecule has 1 N–H and O–H groups in total. The van der Waals surface area contributed by atoms with Gasteiger partial charge in [0.25, 0.3) is 0 Å². The number of aliphatic carboxylic acids is 1. The molecule has 0 spiro atoms. The standard InChI is InChI=1S/C16H14O3/c1-9(16(18)19)15(17)13-8-11-6-2-4-10-5-3-7-12(13)14(10)11/h2-7,9,13H,8H2,1H3,(H,18,19). The first-order valence-corrected chi connectivity index (χ1v) is 6.36. The molecule has 1 aliphatic carbocycles. The van der Waals surface area contributed by atoms with Crippen LogP contribution < -0.4 is 0 Å². The average Bonchev–Trinajstić information content (AvgIpc) is 2.79. The number of carbonyl (C=O) groups is 2. The van der Waals surface area contributed by atoms with Gasteiger partial charge in [-0.2, -0.15) is 0 Å². The maximum atomic E-state index is 12.3. The molecule has 19 heavy (non-hydrogen) atoms. The summed E-state index contributed by atoms with van der Waals surface area (Å²) in [7, 11) is 0. The Labute approximate surface area is 110 Å². The molecular formula is C16H14O3. The molecule has 0 bridgehead atoms. The number of carbonyl (C=O) groups excluding carboxylic acids is 1. The fourth-order valence-corrected chi connectivity index (χ4v) is 2.92. The third-order valence-corrected chi connectivity index (χ3v) is 3.96. The third kappa shape index (κ3) is 1.73. The predicted molar refractivity (Wildman–Crippen MR) is 72.2 cm³/mol. The van der Waals surface area contributed by atoms with E-state index in [4.69, 9.17) is 5.11 Å². The smallest absolute Gasteiger partial charge is 0.313 e. The van der Waals surface area contributed by atoms with E-state index in [1.165, 1.54) is 6.92 Å². The molecule has 0 fully saturated rings. The van der Waals surface area contributed by atoms with E-state index in [0.717, 1.165) is 21.9 Å². The molecule has 1 aliphatic rings. The first kappa shape index (κ1) is 11.9. The zero-order valence-corrected chi connectivity index (χ0v) is 10.6. The number of benzene rings is 2. The van der Waals surface area contributed by atoms with Crippen LogP contribution in [-0.2, 0) is 16.0 Å². The first-order valence-electron chi connectivity index (χ1n) is 6.36. The summed E-state index contributed by atoms with van der Waals surface area (Å²) in [4.78, 5) is 23.3. The predicted octanol–water partition coefficient (Wildman–Crippen LogP) is 2.77. The van der Waals surface area contributed by atoms with E-state index >= 15 is 0 Å². The third-order valence-electron chi connectivity index (χ3n) is 3.96. The molecule has 2 atom stereocenters. The van der Waals surface area contributed by atoms with Crippen LogP contribution in [0.15, 0.2) is 36.4 Å². The van der Waals surface area contributed by atoms with Gasteiger partial charge in [0.2, 0.25) is 0 Å². The molecule has 0 saturated carbocycles. The van der Waals surface area contributed by atoms with Crippen LogP contribution in [0, 0.1) is 5.92 Å². The monoisotopic (exact) mass is 254 g/mol. The van der Waals surface area contributed by atoms with Crippen molar-refractivity contribution in [2.24, 2.45) is 5.92 Å². The summed E-state index contributed by atoms with van der Waals surface area (Å²) in [5.74, 6) is -2.51. The van der Waals surface area contributed by atoms with E-state index in [-0.39, 0.29) is 11.7 Å². The van der Waals surface area contributed by atoms with Gasteiger partial charge in [0.1, 0.15) is 5.92 Å². The van der Waals surface area contributed by atoms with Gasteiger partial charge in [-0.05, 0) is 35.2 Å². The van der Waals surface area contributed by atoms with E-state index < -0.39 is 11.9 Å². The Morgan fingerprint density at radius 1 is 1.21 bits per heavy atom. The van der Waals surface area contributed by atoms with Crippen LogP contribution in [0.1, 0.15) is 24.0 Å². The van der Waals surface area contributed by atoms with Crippen molar-refractivity contribution in [3.8, 4) is 0 Å². The van der Waals surface area contributed by atoms with Crippen molar-refractivity contribution in [3.63, 3.8) is 0 Å². The van der Waals surface area contributed by atoms with Crippen molar-refractivity contribution in [1.82, 2.24) is 0 Å². The van der Waals surface area contributed by atoms with Gasteiger partial charge in [-0.1, -0.05) is 36.4 Å². The van der Waals surface area contributed by atoms with Gasteiger partial charge in [-0.25, -0.2) is 0 Å². The van der Waals surface area contributed by atoms with Gasteiger partial charge in [-0.15, -0.1) is 0 Å². The fourth-order valence-electron chi connectivity index (χ4n) is 2.92. The first-order chi connectivity index (χ1) is 9.09. The number of hydrogen-bond donors (Lipinski definition) is 1. The maximum absolute atomic E-state index is 12.3. The van der Waals surface area contributed by atoms with Crippen molar-refractivity contribution in [2.45, 2.75) is 19.3 Å². The summed E-state index contributed by atoms with van der Waals surface area (Å²) in [6.45, 7) is 1.47. The molecule has 96 valence electrons. The molecule has 2 aromatic rings. The molecule has 2 unspecified atom stereocenters. The Morgan fingerprint density at radius 2 is 1.89 bits per heavy atom. The minimum atomic E-state index is -1.05. The summed E-state index contributed by atoms with van der Waals surface area (Å²) in [6, 6.07) is 11.9. The van der Waals surface area contributed by atoms with Crippen LogP contribution >= 0.6 is 0 Å². The summed E-state index contributed by atoms with van der Waals surface area (Å²) in [5.41, 5.74) is 2.12. The molecule has 3 heteroatoms. The molecule has 0 radical (unpaired) electrons. The Bertz CT molecular complexity index is 682. The number of hydrogen-bond acceptors (Lipinski definition) is 2. The van der Waals surface area contributed by atoms with E-state index in [9.17, 15) is 9.59 Å². The number of carboxylic acid groups (broad SMARTS) is 1. The van der Waals surface area contributed by atoms with Crippen molar-refractivity contribution in [2.75, 3.05) is 0 Å². The molecule has 3 nitrogen and oxygen atoms in total. The molecule has 0 aliphatic heterocycles. The highest BCUT2D eigenvalue weighted by molar-refractivity contribution is 6.05. The van der Waals surface area contributed by atoms with Gasteiger partial charge >= 0.3 is 5.97 Å². The summed E-state index contributed by atoms with van der Waals surface area (Å²) in [5, 5.41) is 11.2. The van der Waals surface area contributed by atoms with E-state index in [2.05, 4.69) is 0 Å². The molecule has 0 aromatic heterocycles. The Kier molecular flexibility index (Phi) is 2.63. The fraction of sp³-hybridized carbons (Fsp3) is 0.250. The number of rotatable bonds is 3. The summed E-state index contributed by atoms with van der Waals surface area (Å²) in [6.07, 6.45) is 0.618. The van der Waals surface area contributed by atoms with Crippen molar-refractivity contribution >= 4 is 22.5 Å². The zero-order valence-electron chi connectivity index (χ0n) is 10.6. The summed E-state index contributed by atoms with van der Waals surface area (Å²) < 4.78 is 0. The van der Waals surface area contributed by atoms with Gasteiger partial charge < -0.3 is 5.11 Å². The van der Waals surface area contributed by atoms with E-state index in [1.54, 1.807) is 0 Å². The normalized spacial score (nSPS) is 18.5. The highest BCUT2D eigenvalue weighted by Gasteiger charge is 2.34. The quantitative estimate of drug-likeness (QED) is 0.857. The van der Waals surface area contributed by atoms with E-state index in [0.29, 0.717) is 6.42 Å². The topological polar surface area (TPSA) is 54.4 Å². The molecule has 2 aromatic carbocycles. The Hall–Kier alpha value is -2.16. The number of Topliss-reactive ketones (excluding diaryl/α,β-unsaturated/α-hetero) is 1. The van der Waals surface area contributed by atoms with Crippen LogP contribution in [0.5, 0.6) is 0 Å². The van der Waals surface area contributed by atoms with Gasteiger partial charge in [0, 0.05) is 5.92 Å². The molecule has 0 heterocycles. The highest BCUT2D eigenvalue weighted by Crippen LogP contribution is 2.39. The number of carboxylic acids is 1. The molecule has 3 rings (SSSR count). The second-order valence-electron chi connectivity index (χ2n) is 5.08. The van der Waals surface area contributed by atoms with Gasteiger partial charge in [-0.3, -0.25) is 9.59 Å². The average molecular weight is 254 g/mol. The Morgan fingerprint density at radius 3 is 2.58 bits per heavy atom. The van der Waals surface area contributed by atoms with Gasteiger partial charge in [0.05, 0.1) is 0 Å². The van der Waals surface area contributed by atoms with Crippen LogP contribution in [0.3, 0.4) is 0 Å². The van der Waals surface area contributed by atoms with Crippen LogP contribution in [-0.4, -0.2) is 16.9 Å². The minimum Gasteiger partial charge on any atom is -0.481 e. The zero-order chi connectivity index (χ0) is 13.6. The molecular weight excluding hydrogens is 240 g/mol. The van der Waals surface area contributed by atoms with E-state index in [1.807, 2.05) is 36.4 Å². The SMILES string of the molecule is CC(C(=O)O)C(=O)C1Cc2cccc3cccc1c23. The van der Waals surface area contributed by atoms with Crippen molar-refractivity contribution < 1.29 is 14.7 Å². The maximum Gasteiger partial charge on any atom is 0.313 e. The molecule has 0 amide bonds. The minimum absolute atomic E-state index is 0.198. The molecule has 0 saturated heterocycles. The Balaban J connectivity index is 2.09. The van der Waals surface area contributed by atoms with Crippen molar-refractivity contribution in [3.05, 3.63) is 47.5 Å². The van der Waals surface area contributed by atoms with Crippen LogP contribution in [0.2, 0.25) is 0 Å². The second kappa shape index (κ2) is 4.19. The van der Waals surface area contributed by atoms with Gasteiger partial charge in [0.15, 0.2) is 5.78 Å².